The number of alkyl halides is 1. The van der Waals surface area contributed by atoms with Crippen LogP contribution in [0.2, 0.25) is 0 Å². The summed E-state index contributed by atoms with van der Waals surface area (Å²) in [6.07, 6.45) is 2.00. The summed E-state index contributed by atoms with van der Waals surface area (Å²) in [5.41, 5.74) is 1.54. The molecule has 1 aromatic carbocycles. The highest BCUT2D eigenvalue weighted by molar-refractivity contribution is 7.98. The number of nitrogens with zero attached hydrogens (tertiary/aromatic N) is 3. The van der Waals surface area contributed by atoms with Crippen molar-refractivity contribution in [1.29, 1.82) is 5.26 Å². The molecule has 2 aliphatic rings. The quantitative estimate of drug-likeness (QED) is 0.770. The molecule has 2 aliphatic heterocycles. The summed E-state index contributed by atoms with van der Waals surface area (Å²) in [4.78, 5) is 8.01. The predicted molar refractivity (Wildman–Crippen MR) is 107 cm³/mol. The van der Waals surface area contributed by atoms with E-state index >= 15 is 0 Å². The van der Waals surface area contributed by atoms with Gasteiger partial charge in [0, 0.05) is 36.6 Å². The number of benzene rings is 1. The Labute approximate surface area is 163 Å². The Morgan fingerprint density at radius 1 is 1.33 bits per heavy atom. The molecule has 0 spiro atoms. The number of hydrogen-bond donors (Lipinski definition) is 2. The van der Waals surface area contributed by atoms with E-state index in [-0.39, 0.29) is 5.56 Å². The van der Waals surface area contributed by atoms with E-state index in [1.54, 1.807) is 17.8 Å². The molecule has 4 rings (SSSR count). The minimum atomic E-state index is -0.681. The first-order valence-corrected chi connectivity index (χ1v) is 10.3. The summed E-state index contributed by atoms with van der Waals surface area (Å²) >= 11 is 1.61. The largest absolute Gasteiger partial charge is 0.356 e. The van der Waals surface area contributed by atoms with E-state index in [0.29, 0.717) is 23.2 Å². The Bertz CT molecular complexity index is 869. The van der Waals surface area contributed by atoms with Crippen LogP contribution >= 0.6 is 11.8 Å². The van der Waals surface area contributed by atoms with Gasteiger partial charge < -0.3 is 15.5 Å². The molecule has 7 heteroatoms. The van der Waals surface area contributed by atoms with Crippen molar-refractivity contribution in [2.75, 3.05) is 42.7 Å². The standard InChI is InChI=1S/C20H22FN5S/c1-27-18-5-3-2-4-17(18)24-20-16(8-22)13(7-21)6-19(25-20)26-11-14-9-23-10-15(14)12-26/h2-6,14-15,23H,7,9-12H2,1H3,(H,24,25)/t14-,15+. The van der Waals surface area contributed by atoms with E-state index in [9.17, 15) is 9.65 Å². The monoisotopic (exact) mass is 383 g/mol. The highest BCUT2D eigenvalue weighted by atomic mass is 32.2. The number of halogens is 1. The van der Waals surface area contributed by atoms with Crippen LogP contribution in [0.3, 0.4) is 0 Å². The lowest BCUT2D eigenvalue weighted by atomic mass is 10.0. The molecule has 3 heterocycles. The van der Waals surface area contributed by atoms with Gasteiger partial charge in [-0.05, 0) is 36.3 Å². The van der Waals surface area contributed by atoms with E-state index < -0.39 is 6.67 Å². The lowest BCUT2D eigenvalue weighted by Gasteiger charge is -2.21. The van der Waals surface area contributed by atoms with E-state index in [1.165, 1.54) is 0 Å². The van der Waals surface area contributed by atoms with Gasteiger partial charge in [-0.2, -0.15) is 5.26 Å². The fourth-order valence-corrected chi connectivity index (χ4v) is 4.54. The van der Waals surface area contributed by atoms with Crippen molar-refractivity contribution in [2.24, 2.45) is 11.8 Å². The van der Waals surface area contributed by atoms with Gasteiger partial charge in [-0.3, -0.25) is 0 Å². The Hall–Kier alpha value is -2.30. The number of nitriles is 1. The summed E-state index contributed by atoms with van der Waals surface area (Å²) in [6.45, 7) is 3.21. The smallest absolute Gasteiger partial charge is 0.151 e. The molecule has 140 valence electrons. The zero-order chi connectivity index (χ0) is 18.8. The van der Waals surface area contributed by atoms with Crippen LogP contribution in [-0.2, 0) is 6.67 Å². The molecule has 0 saturated carbocycles. The van der Waals surface area contributed by atoms with E-state index in [1.807, 2.05) is 30.5 Å². The third kappa shape index (κ3) is 3.47. The SMILES string of the molecule is CSc1ccccc1Nc1nc(N2C[C@H]3CNC[C@H]3C2)cc(CF)c1C#N. The number of hydrogen-bond acceptors (Lipinski definition) is 6. The molecule has 0 bridgehead atoms. The number of nitrogens with one attached hydrogen (secondary N) is 2. The number of anilines is 3. The van der Waals surface area contributed by atoms with Crippen molar-refractivity contribution in [1.82, 2.24) is 10.3 Å². The Kier molecular flexibility index (Phi) is 5.19. The van der Waals surface area contributed by atoms with Gasteiger partial charge in [-0.25, -0.2) is 9.37 Å². The molecule has 0 radical (unpaired) electrons. The van der Waals surface area contributed by atoms with Crippen LogP contribution in [0.15, 0.2) is 35.2 Å². The van der Waals surface area contributed by atoms with Gasteiger partial charge in [0.1, 0.15) is 24.1 Å². The van der Waals surface area contributed by atoms with Crippen molar-refractivity contribution in [3.63, 3.8) is 0 Å². The van der Waals surface area contributed by atoms with Crippen LogP contribution in [0.25, 0.3) is 0 Å². The summed E-state index contributed by atoms with van der Waals surface area (Å²) in [7, 11) is 0. The molecule has 2 aromatic rings. The second-order valence-corrected chi connectivity index (χ2v) is 7.87. The van der Waals surface area contributed by atoms with Crippen LogP contribution in [-0.4, -0.2) is 37.4 Å². The average molecular weight is 383 g/mol. The average Bonchev–Trinajstić information content (AvgIpc) is 3.30. The first-order valence-electron chi connectivity index (χ1n) is 9.09. The van der Waals surface area contributed by atoms with E-state index in [2.05, 4.69) is 21.6 Å². The lowest BCUT2D eigenvalue weighted by molar-refractivity contribution is 0.484. The molecule has 27 heavy (non-hydrogen) atoms. The van der Waals surface area contributed by atoms with Crippen molar-refractivity contribution in [3.05, 3.63) is 41.5 Å². The topological polar surface area (TPSA) is 64.0 Å². The van der Waals surface area contributed by atoms with Crippen molar-refractivity contribution >= 4 is 29.1 Å². The van der Waals surface area contributed by atoms with Crippen LogP contribution in [0.5, 0.6) is 0 Å². The van der Waals surface area contributed by atoms with Gasteiger partial charge in [0.05, 0.1) is 5.69 Å². The number of rotatable bonds is 5. The minimum Gasteiger partial charge on any atom is -0.356 e. The van der Waals surface area contributed by atoms with E-state index in [0.717, 1.165) is 42.6 Å². The third-order valence-electron chi connectivity index (χ3n) is 5.42. The molecule has 0 amide bonds. The fraction of sp³-hybridized carbons (Fsp3) is 0.400. The summed E-state index contributed by atoms with van der Waals surface area (Å²) in [6, 6.07) is 11.7. The second kappa shape index (κ2) is 7.75. The maximum atomic E-state index is 13.7. The highest BCUT2D eigenvalue weighted by Crippen LogP contribution is 2.34. The zero-order valence-electron chi connectivity index (χ0n) is 15.2. The van der Waals surface area contributed by atoms with Crippen LogP contribution < -0.4 is 15.5 Å². The van der Waals surface area contributed by atoms with Gasteiger partial charge in [-0.1, -0.05) is 12.1 Å². The molecule has 2 fully saturated rings. The number of pyridine rings is 1. The molecule has 1 aromatic heterocycles. The summed E-state index contributed by atoms with van der Waals surface area (Å²) in [5, 5.41) is 16.3. The second-order valence-electron chi connectivity index (χ2n) is 7.02. The molecule has 2 saturated heterocycles. The van der Waals surface area contributed by atoms with Crippen molar-refractivity contribution in [2.45, 2.75) is 11.6 Å². The Morgan fingerprint density at radius 2 is 2.07 bits per heavy atom. The molecular formula is C20H22FN5S. The summed E-state index contributed by atoms with van der Waals surface area (Å²) in [5.74, 6) is 2.41. The maximum Gasteiger partial charge on any atom is 0.151 e. The number of thioether (sulfide) groups is 1. The van der Waals surface area contributed by atoms with Gasteiger partial charge in [-0.15, -0.1) is 11.8 Å². The minimum absolute atomic E-state index is 0.276. The van der Waals surface area contributed by atoms with Gasteiger partial charge >= 0.3 is 0 Å². The maximum absolute atomic E-state index is 13.7. The molecule has 2 atom stereocenters. The lowest BCUT2D eigenvalue weighted by Crippen LogP contribution is -2.26. The first kappa shape index (κ1) is 18.1. The summed E-state index contributed by atoms with van der Waals surface area (Å²) < 4.78 is 13.7. The zero-order valence-corrected chi connectivity index (χ0v) is 16.0. The highest BCUT2D eigenvalue weighted by Gasteiger charge is 2.37. The van der Waals surface area contributed by atoms with Crippen LogP contribution in [0, 0.1) is 23.2 Å². The molecule has 0 aliphatic carbocycles. The molecule has 2 N–H and O–H groups in total. The van der Waals surface area contributed by atoms with Gasteiger partial charge in [0.2, 0.25) is 0 Å². The third-order valence-corrected chi connectivity index (χ3v) is 6.21. The van der Waals surface area contributed by atoms with Crippen LogP contribution in [0.1, 0.15) is 11.1 Å². The normalized spacial score (nSPS) is 21.1. The fourth-order valence-electron chi connectivity index (χ4n) is 3.98. The Morgan fingerprint density at radius 3 is 2.74 bits per heavy atom. The van der Waals surface area contributed by atoms with Crippen molar-refractivity contribution in [3.8, 4) is 6.07 Å². The molecule has 5 nitrogen and oxygen atoms in total. The number of para-hydroxylation sites is 1. The van der Waals surface area contributed by atoms with Gasteiger partial charge in [0.15, 0.2) is 5.82 Å². The predicted octanol–water partition coefficient (Wildman–Crippen LogP) is 3.54. The number of fused-ring (bicyclic) bond motifs is 1. The van der Waals surface area contributed by atoms with Crippen molar-refractivity contribution < 1.29 is 4.39 Å². The first-order chi connectivity index (χ1) is 13.2. The van der Waals surface area contributed by atoms with E-state index in [4.69, 9.17) is 4.98 Å². The van der Waals surface area contributed by atoms with Gasteiger partial charge in [0.25, 0.3) is 0 Å². The molecular weight excluding hydrogens is 361 g/mol. The van der Waals surface area contributed by atoms with Crippen LogP contribution in [0.4, 0.5) is 21.7 Å². The number of aromatic nitrogens is 1. The Balaban J connectivity index is 1.70. The molecule has 0 unspecified atom stereocenters.